The lowest BCUT2D eigenvalue weighted by Gasteiger charge is -2.15. The van der Waals surface area contributed by atoms with Gasteiger partial charge in [0, 0.05) is 12.5 Å². The van der Waals surface area contributed by atoms with Gasteiger partial charge in [-0.3, -0.25) is 0 Å². The highest BCUT2D eigenvalue weighted by Gasteiger charge is 2.30. The Balaban J connectivity index is 1.68. The summed E-state index contributed by atoms with van der Waals surface area (Å²) in [6.45, 7) is 2.36. The number of hydrogen-bond donors (Lipinski definition) is 1. The Hall–Kier alpha value is -2.06. The number of rotatable bonds is 5. The smallest absolute Gasteiger partial charge is 0.416 e. The fourth-order valence-electron chi connectivity index (χ4n) is 2.92. The molecule has 1 aliphatic rings. The van der Waals surface area contributed by atoms with Gasteiger partial charge in [0.05, 0.1) is 17.1 Å². The van der Waals surface area contributed by atoms with Crippen LogP contribution in [0.2, 0.25) is 0 Å². The lowest BCUT2D eigenvalue weighted by atomic mass is 10.0. The molecular weight excluding hydrogens is 367 g/mol. The molecule has 0 bridgehead atoms. The Labute approximate surface area is 150 Å². The fourth-order valence-corrected chi connectivity index (χ4v) is 4.16. The summed E-state index contributed by atoms with van der Waals surface area (Å²) in [6.07, 6.45) is -3.21. The maximum Gasteiger partial charge on any atom is 0.416 e. The zero-order valence-electron chi connectivity index (χ0n) is 14.0. The van der Waals surface area contributed by atoms with Gasteiger partial charge in [0.1, 0.15) is 5.75 Å². The number of benzene rings is 2. The van der Waals surface area contributed by atoms with Crippen molar-refractivity contribution in [2.24, 2.45) is 0 Å². The van der Waals surface area contributed by atoms with E-state index in [1.54, 1.807) is 6.92 Å². The van der Waals surface area contributed by atoms with E-state index in [0.29, 0.717) is 13.0 Å². The standard InChI is InChI=1S/C18H18F3NO3S/c1-12(10-13-2-7-17-14(11-13)8-9-25-17)22-26(23,24)16-5-3-15(4-6-16)18(19,20)21/h2-7,11-12,22H,8-10H2,1H3/t12-/m1/s1. The van der Waals surface area contributed by atoms with Gasteiger partial charge in [0.2, 0.25) is 10.0 Å². The Morgan fingerprint density at radius 3 is 2.50 bits per heavy atom. The molecule has 2 aromatic carbocycles. The molecule has 0 fully saturated rings. The van der Waals surface area contributed by atoms with Gasteiger partial charge in [0.15, 0.2) is 0 Å². The lowest BCUT2D eigenvalue weighted by molar-refractivity contribution is -0.137. The van der Waals surface area contributed by atoms with Crippen LogP contribution in [0.1, 0.15) is 23.6 Å². The van der Waals surface area contributed by atoms with E-state index >= 15 is 0 Å². The Morgan fingerprint density at radius 1 is 1.15 bits per heavy atom. The second kappa shape index (κ2) is 6.92. The molecule has 1 aliphatic heterocycles. The summed E-state index contributed by atoms with van der Waals surface area (Å²) in [4.78, 5) is -0.195. The van der Waals surface area contributed by atoms with Gasteiger partial charge < -0.3 is 4.74 Å². The zero-order chi connectivity index (χ0) is 18.9. The van der Waals surface area contributed by atoms with Crippen molar-refractivity contribution in [1.29, 1.82) is 0 Å². The van der Waals surface area contributed by atoms with Gasteiger partial charge in [-0.05, 0) is 54.8 Å². The van der Waals surface area contributed by atoms with Crippen LogP contribution >= 0.6 is 0 Å². The van der Waals surface area contributed by atoms with E-state index < -0.39 is 27.8 Å². The van der Waals surface area contributed by atoms with E-state index in [1.807, 2.05) is 18.2 Å². The van der Waals surface area contributed by atoms with Crippen molar-refractivity contribution < 1.29 is 26.3 Å². The van der Waals surface area contributed by atoms with Gasteiger partial charge in [0.25, 0.3) is 0 Å². The minimum Gasteiger partial charge on any atom is -0.493 e. The summed E-state index contributed by atoms with van der Waals surface area (Å²) in [7, 11) is -3.90. The summed E-state index contributed by atoms with van der Waals surface area (Å²) >= 11 is 0. The Kier molecular flexibility index (Phi) is 4.98. The number of alkyl halides is 3. The summed E-state index contributed by atoms with van der Waals surface area (Å²) in [6, 6.07) is 8.78. The van der Waals surface area contributed by atoms with Crippen LogP contribution in [0.15, 0.2) is 47.4 Å². The average Bonchev–Trinajstić information content (AvgIpc) is 3.01. The number of hydrogen-bond acceptors (Lipinski definition) is 3. The number of fused-ring (bicyclic) bond motifs is 1. The van der Waals surface area contributed by atoms with Crippen LogP contribution in [0, 0.1) is 0 Å². The highest BCUT2D eigenvalue weighted by Crippen LogP contribution is 2.30. The van der Waals surface area contributed by atoms with Gasteiger partial charge in [-0.25, -0.2) is 13.1 Å². The molecule has 0 amide bonds. The molecule has 2 aromatic rings. The second-order valence-corrected chi connectivity index (χ2v) is 8.00. The first-order chi connectivity index (χ1) is 12.1. The summed E-state index contributed by atoms with van der Waals surface area (Å²) in [5.74, 6) is 0.853. The molecule has 0 aromatic heterocycles. The molecule has 8 heteroatoms. The molecule has 1 N–H and O–H groups in total. The van der Waals surface area contributed by atoms with Crippen LogP contribution in [0.25, 0.3) is 0 Å². The highest BCUT2D eigenvalue weighted by molar-refractivity contribution is 7.89. The van der Waals surface area contributed by atoms with Crippen molar-refractivity contribution in [3.8, 4) is 5.75 Å². The third-order valence-corrected chi connectivity index (χ3v) is 5.75. The first-order valence-electron chi connectivity index (χ1n) is 8.09. The summed E-state index contributed by atoms with van der Waals surface area (Å²) < 4.78 is 70.5. The van der Waals surface area contributed by atoms with Gasteiger partial charge >= 0.3 is 6.18 Å². The number of halogens is 3. The van der Waals surface area contributed by atoms with Crippen LogP contribution in [0.4, 0.5) is 13.2 Å². The minimum absolute atomic E-state index is 0.195. The van der Waals surface area contributed by atoms with Crippen LogP contribution in [-0.4, -0.2) is 21.1 Å². The SMILES string of the molecule is C[C@H](Cc1ccc2c(c1)CCO2)NS(=O)(=O)c1ccc(C(F)(F)F)cc1. The molecule has 0 saturated carbocycles. The molecule has 4 nitrogen and oxygen atoms in total. The molecule has 1 heterocycles. The van der Waals surface area contributed by atoms with Gasteiger partial charge in [-0.2, -0.15) is 13.2 Å². The average molecular weight is 385 g/mol. The van der Waals surface area contributed by atoms with Crippen molar-refractivity contribution in [1.82, 2.24) is 4.72 Å². The third-order valence-electron chi connectivity index (χ3n) is 4.14. The Morgan fingerprint density at radius 2 is 1.85 bits per heavy atom. The maximum absolute atomic E-state index is 12.6. The maximum atomic E-state index is 12.6. The predicted molar refractivity (Wildman–Crippen MR) is 90.6 cm³/mol. The number of sulfonamides is 1. The summed E-state index contributed by atoms with van der Waals surface area (Å²) in [5, 5.41) is 0. The molecule has 140 valence electrons. The molecule has 0 unspecified atom stereocenters. The number of ether oxygens (including phenoxy) is 1. The minimum atomic E-state index is -4.50. The fraction of sp³-hybridized carbons (Fsp3) is 0.333. The van der Waals surface area contributed by atoms with Crippen molar-refractivity contribution in [3.63, 3.8) is 0 Å². The highest BCUT2D eigenvalue weighted by atomic mass is 32.2. The van der Waals surface area contributed by atoms with Crippen LogP contribution < -0.4 is 9.46 Å². The van der Waals surface area contributed by atoms with Gasteiger partial charge in [-0.15, -0.1) is 0 Å². The lowest BCUT2D eigenvalue weighted by Crippen LogP contribution is -2.34. The summed E-state index contributed by atoms with van der Waals surface area (Å²) in [5.41, 5.74) is 1.18. The van der Waals surface area contributed by atoms with E-state index in [0.717, 1.165) is 47.6 Å². The first-order valence-corrected chi connectivity index (χ1v) is 9.58. The second-order valence-electron chi connectivity index (χ2n) is 6.29. The predicted octanol–water partition coefficient (Wildman–Crippen LogP) is 3.55. The molecule has 0 aliphatic carbocycles. The molecule has 0 radical (unpaired) electrons. The zero-order valence-corrected chi connectivity index (χ0v) is 14.8. The topological polar surface area (TPSA) is 55.4 Å². The molecule has 0 spiro atoms. The van der Waals surface area contributed by atoms with Crippen LogP contribution in [0.5, 0.6) is 5.75 Å². The van der Waals surface area contributed by atoms with E-state index in [4.69, 9.17) is 4.74 Å². The first kappa shape index (κ1) is 18.7. The van der Waals surface area contributed by atoms with Crippen molar-refractivity contribution >= 4 is 10.0 Å². The van der Waals surface area contributed by atoms with Crippen LogP contribution in [-0.2, 0) is 29.0 Å². The van der Waals surface area contributed by atoms with Crippen molar-refractivity contribution in [2.45, 2.75) is 36.9 Å². The van der Waals surface area contributed by atoms with Crippen molar-refractivity contribution in [2.75, 3.05) is 6.61 Å². The quantitative estimate of drug-likeness (QED) is 0.857. The van der Waals surface area contributed by atoms with Crippen molar-refractivity contribution in [3.05, 3.63) is 59.2 Å². The normalized spacial score (nSPS) is 15.4. The monoisotopic (exact) mass is 385 g/mol. The van der Waals surface area contributed by atoms with Crippen LogP contribution in [0.3, 0.4) is 0 Å². The van der Waals surface area contributed by atoms with E-state index in [1.165, 1.54) is 0 Å². The van der Waals surface area contributed by atoms with E-state index in [9.17, 15) is 21.6 Å². The molecule has 26 heavy (non-hydrogen) atoms. The third kappa shape index (κ3) is 4.19. The molecular formula is C18H18F3NO3S. The van der Waals surface area contributed by atoms with Gasteiger partial charge in [-0.1, -0.05) is 12.1 Å². The largest absolute Gasteiger partial charge is 0.493 e. The van der Waals surface area contributed by atoms with E-state index in [2.05, 4.69) is 4.72 Å². The molecule has 3 rings (SSSR count). The Bertz CT molecular complexity index is 893. The van der Waals surface area contributed by atoms with E-state index in [-0.39, 0.29) is 4.90 Å². The number of nitrogens with one attached hydrogen (secondary N) is 1. The molecule has 1 atom stereocenters. The molecule has 0 saturated heterocycles.